The zero-order valence-electron chi connectivity index (χ0n) is 7.04. The quantitative estimate of drug-likeness (QED) is 0.645. The van der Waals surface area contributed by atoms with Gasteiger partial charge in [0.1, 0.15) is 0 Å². The van der Waals surface area contributed by atoms with Crippen LogP contribution in [0.1, 0.15) is 26.2 Å². The number of hydrogen-bond acceptors (Lipinski definition) is 2. The fourth-order valence-corrected chi connectivity index (χ4v) is 1.64. The molecule has 0 radical (unpaired) electrons. The predicted octanol–water partition coefficient (Wildman–Crippen LogP) is 0.376. The number of carboxylic acids is 1. The highest BCUT2D eigenvalue weighted by molar-refractivity contribution is 5.80. The third-order valence-electron chi connectivity index (χ3n) is 2.24. The van der Waals surface area contributed by atoms with E-state index in [-0.39, 0.29) is 24.3 Å². The number of amides is 1. The molecule has 0 aliphatic carbocycles. The van der Waals surface area contributed by atoms with Crippen LogP contribution in [-0.4, -0.2) is 23.0 Å². The van der Waals surface area contributed by atoms with Crippen molar-refractivity contribution in [3.8, 4) is 0 Å². The van der Waals surface area contributed by atoms with Gasteiger partial charge in [-0.3, -0.25) is 9.59 Å². The van der Waals surface area contributed by atoms with E-state index < -0.39 is 5.97 Å². The molecule has 68 valence electrons. The summed E-state index contributed by atoms with van der Waals surface area (Å²) in [6.07, 6.45) is 1.27. The van der Waals surface area contributed by atoms with E-state index in [2.05, 4.69) is 5.32 Å². The third-order valence-corrected chi connectivity index (χ3v) is 2.24. The van der Waals surface area contributed by atoms with Crippen LogP contribution in [0, 0.1) is 5.92 Å². The summed E-state index contributed by atoms with van der Waals surface area (Å²) in [5.74, 6) is -0.858. The Morgan fingerprint density at radius 3 is 2.92 bits per heavy atom. The summed E-state index contributed by atoms with van der Waals surface area (Å²) in [7, 11) is 0. The maximum atomic E-state index is 10.9. The van der Waals surface area contributed by atoms with Crippen molar-refractivity contribution in [1.29, 1.82) is 0 Å². The van der Waals surface area contributed by atoms with Gasteiger partial charge in [0.2, 0.25) is 5.91 Å². The van der Waals surface area contributed by atoms with E-state index in [0.717, 1.165) is 6.42 Å². The molecule has 0 saturated carbocycles. The number of nitrogens with one attached hydrogen (secondary N) is 1. The molecule has 1 amide bonds. The van der Waals surface area contributed by atoms with Crippen LogP contribution >= 0.6 is 0 Å². The van der Waals surface area contributed by atoms with E-state index in [1.165, 1.54) is 0 Å². The first-order valence-corrected chi connectivity index (χ1v) is 4.14. The summed E-state index contributed by atoms with van der Waals surface area (Å²) in [5.41, 5.74) is 0. The van der Waals surface area contributed by atoms with E-state index in [4.69, 9.17) is 5.11 Å². The summed E-state index contributed by atoms with van der Waals surface area (Å²) >= 11 is 0. The number of carbonyl (C=O) groups is 2. The molecule has 2 N–H and O–H groups in total. The zero-order chi connectivity index (χ0) is 9.14. The molecular formula is C8H13NO3. The average Bonchev–Trinajstić information content (AvgIpc) is 2.29. The second-order valence-corrected chi connectivity index (χ2v) is 3.14. The van der Waals surface area contributed by atoms with Crippen LogP contribution in [-0.2, 0) is 9.59 Å². The van der Waals surface area contributed by atoms with Crippen molar-refractivity contribution in [2.45, 2.75) is 32.2 Å². The van der Waals surface area contributed by atoms with Crippen molar-refractivity contribution < 1.29 is 14.7 Å². The van der Waals surface area contributed by atoms with Crippen LogP contribution in [0.3, 0.4) is 0 Å². The average molecular weight is 171 g/mol. The first-order chi connectivity index (χ1) is 5.63. The predicted molar refractivity (Wildman–Crippen MR) is 42.6 cm³/mol. The van der Waals surface area contributed by atoms with E-state index in [1.807, 2.05) is 6.92 Å². The van der Waals surface area contributed by atoms with Gasteiger partial charge in [-0.25, -0.2) is 0 Å². The minimum Gasteiger partial charge on any atom is -0.481 e. The molecule has 1 rings (SSSR count). The van der Waals surface area contributed by atoms with Crippen molar-refractivity contribution in [3.05, 3.63) is 0 Å². The molecule has 2 atom stereocenters. The Bertz CT molecular complexity index is 202. The summed E-state index contributed by atoms with van der Waals surface area (Å²) in [6, 6.07) is 0.0635. The summed E-state index contributed by atoms with van der Waals surface area (Å²) in [5, 5.41) is 11.3. The maximum absolute atomic E-state index is 10.9. The van der Waals surface area contributed by atoms with Crippen molar-refractivity contribution in [3.63, 3.8) is 0 Å². The van der Waals surface area contributed by atoms with E-state index in [9.17, 15) is 9.59 Å². The van der Waals surface area contributed by atoms with Crippen LogP contribution < -0.4 is 5.32 Å². The van der Waals surface area contributed by atoms with Crippen LogP contribution in [0.2, 0.25) is 0 Å². The third kappa shape index (κ3) is 1.96. The smallest absolute Gasteiger partial charge is 0.303 e. The molecule has 1 aliphatic heterocycles. The van der Waals surface area contributed by atoms with E-state index in [1.54, 1.807) is 0 Å². The molecule has 0 aromatic carbocycles. The second kappa shape index (κ2) is 3.56. The fourth-order valence-electron chi connectivity index (χ4n) is 1.64. The van der Waals surface area contributed by atoms with Gasteiger partial charge in [0.15, 0.2) is 0 Å². The van der Waals surface area contributed by atoms with Gasteiger partial charge in [-0.2, -0.15) is 0 Å². The molecule has 0 aromatic heterocycles. The highest BCUT2D eigenvalue weighted by Crippen LogP contribution is 2.22. The van der Waals surface area contributed by atoms with Crippen LogP contribution in [0.25, 0.3) is 0 Å². The van der Waals surface area contributed by atoms with Gasteiger partial charge < -0.3 is 10.4 Å². The molecular weight excluding hydrogens is 158 g/mol. The molecule has 0 bridgehead atoms. The Hall–Kier alpha value is -1.06. The minimum absolute atomic E-state index is 0.0139. The highest BCUT2D eigenvalue weighted by Gasteiger charge is 2.32. The number of carbonyl (C=O) groups excluding carboxylic acids is 1. The minimum atomic E-state index is -0.824. The number of rotatable bonds is 3. The summed E-state index contributed by atoms with van der Waals surface area (Å²) in [6.45, 7) is 1.95. The lowest BCUT2D eigenvalue weighted by Crippen LogP contribution is -2.28. The fraction of sp³-hybridized carbons (Fsp3) is 0.750. The Kier molecular flexibility index (Phi) is 2.68. The molecule has 0 spiro atoms. The zero-order valence-corrected chi connectivity index (χ0v) is 7.04. The van der Waals surface area contributed by atoms with Crippen molar-refractivity contribution in [2.75, 3.05) is 0 Å². The number of carboxylic acid groups (broad SMARTS) is 1. The first kappa shape index (κ1) is 9.03. The summed E-state index contributed by atoms with van der Waals surface area (Å²) in [4.78, 5) is 21.3. The van der Waals surface area contributed by atoms with Crippen molar-refractivity contribution >= 4 is 11.9 Å². The maximum Gasteiger partial charge on any atom is 0.303 e. The Balaban J connectivity index is 2.51. The second-order valence-electron chi connectivity index (χ2n) is 3.14. The summed E-state index contributed by atoms with van der Waals surface area (Å²) < 4.78 is 0. The molecule has 1 saturated heterocycles. The lowest BCUT2D eigenvalue weighted by atomic mass is 9.95. The first-order valence-electron chi connectivity index (χ1n) is 4.14. The molecule has 1 heterocycles. The standard InChI is InChI=1S/C8H13NO3/c1-2-6-5(4-8(11)12)3-7(10)9-6/h5-6H,2-4H2,1H3,(H,9,10)(H,11,12)/t5-,6-/m0/s1. The van der Waals surface area contributed by atoms with Crippen LogP contribution in [0.5, 0.6) is 0 Å². The molecule has 1 aliphatic rings. The highest BCUT2D eigenvalue weighted by atomic mass is 16.4. The van der Waals surface area contributed by atoms with Crippen molar-refractivity contribution in [1.82, 2.24) is 5.32 Å². The van der Waals surface area contributed by atoms with Gasteiger partial charge in [-0.1, -0.05) is 6.92 Å². The normalized spacial score (nSPS) is 28.6. The van der Waals surface area contributed by atoms with E-state index >= 15 is 0 Å². The van der Waals surface area contributed by atoms with Gasteiger partial charge in [0.25, 0.3) is 0 Å². The lowest BCUT2D eigenvalue weighted by molar-refractivity contribution is -0.138. The molecule has 4 heteroatoms. The Morgan fingerprint density at radius 2 is 2.42 bits per heavy atom. The van der Waals surface area contributed by atoms with Crippen LogP contribution in [0.15, 0.2) is 0 Å². The van der Waals surface area contributed by atoms with Gasteiger partial charge in [0, 0.05) is 12.5 Å². The van der Waals surface area contributed by atoms with E-state index in [0.29, 0.717) is 6.42 Å². The Labute approximate surface area is 71.0 Å². The molecule has 0 unspecified atom stereocenters. The van der Waals surface area contributed by atoms with Gasteiger partial charge >= 0.3 is 5.97 Å². The van der Waals surface area contributed by atoms with Crippen molar-refractivity contribution in [2.24, 2.45) is 5.92 Å². The largest absolute Gasteiger partial charge is 0.481 e. The molecule has 12 heavy (non-hydrogen) atoms. The monoisotopic (exact) mass is 171 g/mol. The topological polar surface area (TPSA) is 66.4 Å². The van der Waals surface area contributed by atoms with Gasteiger partial charge in [0.05, 0.1) is 6.42 Å². The van der Waals surface area contributed by atoms with Gasteiger partial charge in [-0.15, -0.1) is 0 Å². The molecule has 1 fully saturated rings. The lowest BCUT2D eigenvalue weighted by Gasteiger charge is -2.13. The SMILES string of the molecule is CC[C@@H]1NC(=O)C[C@H]1CC(=O)O. The number of aliphatic carboxylic acids is 1. The molecule has 0 aromatic rings. The van der Waals surface area contributed by atoms with Crippen LogP contribution in [0.4, 0.5) is 0 Å². The molecule has 4 nitrogen and oxygen atoms in total. The Morgan fingerprint density at radius 1 is 1.75 bits per heavy atom. The van der Waals surface area contributed by atoms with Gasteiger partial charge in [-0.05, 0) is 12.3 Å². The number of hydrogen-bond donors (Lipinski definition) is 2.